The summed E-state index contributed by atoms with van der Waals surface area (Å²) in [5.74, 6) is -0.481. The first kappa shape index (κ1) is 15.4. The zero-order valence-corrected chi connectivity index (χ0v) is 12.5. The van der Waals surface area contributed by atoms with Crippen molar-refractivity contribution in [2.24, 2.45) is 17.1 Å². The molecule has 2 atom stereocenters. The Morgan fingerprint density at radius 3 is 2.30 bits per heavy atom. The minimum absolute atomic E-state index is 0.104. The summed E-state index contributed by atoms with van der Waals surface area (Å²) in [5.41, 5.74) is 6.74. The molecule has 0 bridgehead atoms. The first-order valence-electron chi connectivity index (χ1n) is 7.21. The Balaban J connectivity index is 2.17. The smallest absolute Gasteiger partial charge is 0.126 e. The van der Waals surface area contributed by atoms with Crippen molar-refractivity contribution in [3.05, 3.63) is 35.4 Å². The van der Waals surface area contributed by atoms with Gasteiger partial charge in [-0.1, -0.05) is 20.8 Å². The third-order valence-corrected chi connectivity index (χ3v) is 4.38. The molecule has 20 heavy (non-hydrogen) atoms. The highest BCUT2D eigenvalue weighted by atomic mass is 19.1. The predicted octanol–water partition coefficient (Wildman–Crippen LogP) is 3.33. The molecule has 4 heteroatoms. The maximum Gasteiger partial charge on any atom is 0.126 e. The number of likely N-dealkylation sites (tertiary alicyclic amines) is 1. The van der Waals surface area contributed by atoms with Crippen molar-refractivity contribution in [3.63, 3.8) is 0 Å². The molecule has 0 aliphatic carbocycles. The minimum atomic E-state index is -0.537. The molecular formula is C16H24F2N2. The fraction of sp³-hybridized carbons (Fsp3) is 0.625. The second kappa shape index (κ2) is 5.78. The van der Waals surface area contributed by atoms with E-state index in [0.717, 1.165) is 25.6 Å². The van der Waals surface area contributed by atoms with Crippen molar-refractivity contribution in [1.82, 2.24) is 4.90 Å². The monoisotopic (exact) mass is 282 g/mol. The minimum Gasteiger partial charge on any atom is -0.329 e. The first-order chi connectivity index (χ1) is 9.31. The fourth-order valence-corrected chi connectivity index (χ4v) is 3.04. The van der Waals surface area contributed by atoms with Gasteiger partial charge in [0.1, 0.15) is 11.6 Å². The normalized spacial score (nSPS) is 22.2. The van der Waals surface area contributed by atoms with Crippen LogP contribution in [0, 0.1) is 23.0 Å². The third kappa shape index (κ3) is 3.36. The van der Waals surface area contributed by atoms with E-state index in [0.29, 0.717) is 18.0 Å². The second-order valence-electron chi connectivity index (χ2n) is 6.80. The lowest BCUT2D eigenvalue weighted by molar-refractivity contribution is 0.197. The third-order valence-electron chi connectivity index (χ3n) is 4.38. The number of nitrogens with two attached hydrogens (primary N) is 1. The van der Waals surface area contributed by atoms with Gasteiger partial charge in [0.15, 0.2) is 0 Å². The van der Waals surface area contributed by atoms with Crippen molar-refractivity contribution < 1.29 is 8.78 Å². The summed E-state index contributed by atoms with van der Waals surface area (Å²) < 4.78 is 26.8. The molecule has 0 aromatic heterocycles. The summed E-state index contributed by atoms with van der Waals surface area (Å²) in [6.07, 6.45) is 1.11. The summed E-state index contributed by atoms with van der Waals surface area (Å²) >= 11 is 0. The van der Waals surface area contributed by atoms with Gasteiger partial charge in [-0.05, 0) is 42.0 Å². The quantitative estimate of drug-likeness (QED) is 0.921. The number of benzene rings is 1. The van der Waals surface area contributed by atoms with E-state index in [-0.39, 0.29) is 11.5 Å². The summed E-state index contributed by atoms with van der Waals surface area (Å²) in [5, 5.41) is 0. The Hall–Kier alpha value is -1.00. The maximum atomic E-state index is 13.4. The molecule has 0 amide bonds. The Bertz CT molecular complexity index is 448. The lowest BCUT2D eigenvalue weighted by Gasteiger charge is -2.30. The van der Waals surface area contributed by atoms with E-state index < -0.39 is 11.6 Å². The van der Waals surface area contributed by atoms with Crippen LogP contribution in [0.3, 0.4) is 0 Å². The van der Waals surface area contributed by atoms with Crippen molar-refractivity contribution in [2.75, 3.05) is 19.6 Å². The van der Waals surface area contributed by atoms with E-state index >= 15 is 0 Å². The SMILES string of the molecule is CC(C)(C)C1CCN(C(CN)c2cc(F)cc(F)c2)C1. The van der Waals surface area contributed by atoms with E-state index in [1.165, 1.54) is 12.1 Å². The van der Waals surface area contributed by atoms with Crippen molar-refractivity contribution in [1.29, 1.82) is 0 Å². The Morgan fingerprint density at radius 1 is 1.25 bits per heavy atom. The molecule has 1 aromatic rings. The maximum absolute atomic E-state index is 13.4. The molecule has 2 nitrogen and oxygen atoms in total. The average molecular weight is 282 g/mol. The number of halogens is 2. The molecular weight excluding hydrogens is 258 g/mol. The highest BCUT2D eigenvalue weighted by Gasteiger charge is 2.34. The number of rotatable bonds is 3. The Morgan fingerprint density at radius 2 is 1.85 bits per heavy atom. The number of hydrogen-bond acceptors (Lipinski definition) is 2. The van der Waals surface area contributed by atoms with Gasteiger partial charge in [-0.15, -0.1) is 0 Å². The van der Waals surface area contributed by atoms with Crippen molar-refractivity contribution in [2.45, 2.75) is 33.2 Å². The lowest BCUT2D eigenvalue weighted by Crippen LogP contribution is -2.33. The van der Waals surface area contributed by atoms with Gasteiger partial charge in [-0.25, -0.2) is 8.78 Å². The zero-order chi connectivity index (χ0) is 14.9. The van der Waals surface area contributed by atoms with Crippen LogP contribution in [0.4, 0.5) is 8.78 Å². The van der Waals surface area contributed by atoms with E-state index in [1.54, 1.807) is 0 Å². The summed E-state index contributed by atoms with van der Waals surface area (Å²) in [4.78, 5) is 2.25. The van der Waals surface area contributed by atoms with Gasteiger partial charge in [0.05, 0.1) is 0 Å². The van der Waals surface area contributed by atoms with Crippen LogP contribution in [0.2, 0.25) is 0 Å². The predicted molar refractivity (Wildman–Crippen MR) is 77.3 cm³/mol. The largest absolute Gasteiger partial charge is 0.329 e. The average Bonchev–Trinajstić information content (AvgIpc) is 2.77. The molecule has 2 rings (SSSR count). The molecule has 1 saturated heterocycles. The fourth-order valence-electron chi connectivity index (χ4n) is 3.04. The molecule has 2 unspecified atom stereocenters. The lowest BCUT2D eigenvalue weighted by atomic mass is 9.80. The van der Waals surface area contributed by atoms with Gasteiger partial charge in [-0.3, -0.25) is 4.90 Å². The molecule has 1 aliphatic rings. The Kier molecular flexibility index (Phi) is 4.45. The summed E-state index contributed by atoms with van der Waals surface area (Å²) in [7, 11) is 0. The van der Waals surface area contributed by atoms with Crippen molar-refractivity contribution >= 4 is 0 Å². The van der Waals surface area contributed by atoms with E-state index in [1.807, 2.05) is 0 Å². The van der Waals surface area contributed by atoms with Gasteiger partial charge < -0.3 is 5.73 Å². The highest BCUT2D eigenvalue weighted by molar-refractivity contribution is 5.22. The van der Waals surface area contributed by atoms with Crippen LogP contribution in [0.15, 0.2) is 18.2 Å². The first-order valence-corrected chi connectivity index (χ1v) is 7.21. The molecule has 0 radical (unpaired) electrons. The topological polar surface area (TPSA) is 29.3 Å². The molecule has 1 aromatic carbocycles. The Labute approximate surface area is 120 Å². The van der Waals surface area contributed by atoms with Crippen LogP contribution in [-0.2, 0) is 0 Å². The highest BCUT2D eigenvalue weighted by Crippen LogP contribution is 2.37. The van der Waals surface area contributed by atoms with Crippen LogP contribution >= 0.6 is 0 Å². The molecule has 1 aliphatic heterocycles. The molecule has 0 spiro atoms. The molecule has 0 saturated carbocycles. The zero-order valence-electron chi connectivity index (χ0n) is 12.5. The molecule has 1 fully saturated rings. The second-order valence-corrected chi connectivity index (χ2v) is 6.80. The van der Waals surface area contributed by atoms with Gasteiger partial charge in [-0.2, -0.15) is 0 Å². The van der Waals surface area contributed by atoms with Gasteiger partial charge in [0.2, 0.25) is 0 Å². The van der Waals surface area contributed by atoms with Crippen LogP contribution in [-0.4, -0.2) is 24.5 Å². The van der Waals surface area contributed by atoms with Gasteiger partial charge in [0, 0.05) is 25.2 Å². The standard InChI is InChI=1S/C16H24F2N2/c1-16(2,3)12-4-5-20(10-12)15(9-19)11-6-13(17)8-14(18)7-11/h6-8,12,15H,4-5,9-10,19H2,1-3H3. The van der Waals surface area contributed by atoms with Crippen LogP contribution < -0.4 is 5.73 Å². The number of hydrogen-bond donors (Lipinski definition) is 1. The van der Waals surface area contributed by atoms with Crippen LogP contribution in [0.5, 0.6) is 0 Å². The summed E-state index contributed by atoms with van der Waals surface area (Å²) in [6, 6.07) is 3.59. The summed E-state index contributed by atoms with van der Waals surface area (Å²) in [6.45, 7) is 8.95. The van der Waals surface area contributed by atoms with Crippen molar-refractivity contribution in [3.8, 4) is 0 Å². The van der Waals surface area contributed by atoms with E-state index in [4.69, 9.17) is 5.73 Å². The van der Waals surface area contributed by atoms with E-state index in [2.05, 4.69) is 25.7 Å². The molecule has 2 N–H and O–H groups in total. The van der Waals surface area contributed by atoms with Gasteiger partial charge in [0.25, 0.3) is 0 Å². The number of nitrogens with zero attached hydrogens (tertiary/aromatic N) is 1. The van der Waals surface area contributed by atoms with Gasteiger partial charge >= 0.3 is 0 Å². The molecule has 1 heterocycles. The molecule has 112 valence electrons. The van der Waals surface area contributed by atoms with E-state index in [9.17, 15) is 8.78 Å². The van der Waals surface area contributed by atoms with Crippen LogP contribution in [0.25, 0.3) is 0 Å². The van der Waals surface area contributed by atoms with Crippen LogP contribution in [0.1, 0.15) is 38.8 Å².